The monoisotopic (exact) mass is 608 g/mol. The molecule has 0 bridgehead atoms. The molecule has 0 heterocycles. The van der Waals surface area contributed by atoms with Crippen LogP contribution in [0.2, 0.25) is 0 Å². The van der Waals surface area contributed by atoms with Crippen LogP contribution in [0, 0.1) is 29.2 Å². The fraction of sp³-hybridized carbons (Fsp3) is 0.487. The number of ether oxygens (including phenoxy) is 1. The van der Waals surface area contributed by atoms with Crippen molar-refractivity contribution in [2.75, 3.05) is 6.61 Å². The second kappa shape index (κ2) is 17.4. The average molecular weight is 609 g/mol. The molecule has 1 aliphatic rings. The van der Waals surface area contributed by atoms with Gasteiger partial charge in [-0.2, -0.15) is 4.39 Å². The summed E-state index contributed by atoms with van der Waals surface area (Å²) in [6.45, 7) is 4.69. The van der Waals surface area contributed by atoms with Crippen LogP contribution in [0.15, 0.2) is 60.2 Å². The van der Waals surface area contributed by atoms with E-state index in [1.807, 2.05) is 0 Å². The van der Waals surface area contributed by atoms with Gasteiger partial charge < -0.3 is 4.74 Å². The molecule has 0 spiro atoms. The standard InChI is InChI=1S/C39H48F4O/c1-3-5-7-11-27-44-35-26-25-34(38(42)39(35)43)31-21-19-30(20-22-31)33-24-23-32(36(40)37(33)41)14-10-9-13-29-17-15-28(16-18-29)12-8-6-4-2/h17,19-26,28H,3-16,18,27H2,1-2H3. The highest BCUT2D eigenvalue weighted by Crippen LogP contribution is 2.34. The van der Waals surface area contributed by atoms with Crippen molar-refractivity contribution in [2.24, 2.45) is 5.92 Å². The molecule has 0 amide bonds. The van der Waals surface area contributed by atoms with Gasteiger partial charge in [-0.3, -0.25) is 0 Å². The Morgan fingerprint density at radius 3 is 1.93 bits per heavy atom. The molecule has 0 N–H and O–H groups in total. The molecule has 0 saturated carbocycles. The molecular formula is C39H48F4O. The predicted octanol–water partition coefficient (Wildman–Crippen LogP) is 12.6. The molecule has 44 heavy (non-hydrogen) atoms. The lowest BCUT2D eigenvalue weighted by atomic mass is 9.84. The fourth-order valence-corrected chi connectivity index (χ4v) is 6.19. The molecule has 4 rings (SSSR count). The minimum absolute atomic E-state index is 0.0881. The Labute approximate surface area is 261 Å². The minimum Gasteiger partial charge on any atom is -0.490 e. The number of aryl methyl sites for hydroxylation is 1. The van der Waals surface area contributed by atoms with E-state index >= 15 is 8.78 Å². The van der Waals surface area contributed by atoms with Gasteiger partial charge in [-0.1, -0.05) is 107 Å². The Balaban J connectivity index is 1.31. The molecule has 0 aliphatic heterocycles. The van der Waals surface area contributed by atoms with E-state index in [4.69, 9.17) is 4.74 Å². The van der Waals surface area contributed by atoms with Crippen molar-refractivity contribution in [3.8, 4) is 28.0 Å². The van der Waals surface area contributed by atoms with Gasteiger partial charge in [-0.05, 0) is 86.1 Å². The quantitative estimate of drug-likeness (QED) is 0.0841. The van der Waals surface area contributed by atoms with Crippen LogP contribution in [-0.4, -0.2) is 6.61 Å². The van der Waals surface area contributed by atoms with Crippen LogP contribution in [0.4, 0.5) is 17.6 Å². The van der Waals surface area contributed by atoms with E-state index in [-0.39, 0.29) is 16.9 Å². The van der Waals surface area contributed by atoms with Crippen LogP contribution in [0.1, 0.15) is 109 Å². The first kappa shape index (κ1) is 33.8. The van der Waals surface area contributed by atoms with E-state index in [0.29, 0.717) is 29.7 Å². The molecule has 1 nitrogen and oxygen atoms in total. The molecule has 0 aromatic heterocycles. The van der Waals surface area contributed by atoms with Crippen LogP contribution in [0.25, 0.3) is 22.3 Å². The number of benzene rings is 3. The maximum absolute atomic E-state index is 15.1. The van der Waals surface area contributed by atoms with Gasteiger partial charge in [0.05, 0.1) is 6.61 Å². The maximum atomic E-state index is 15.1. The summed E-state index contributed by atoms with van der Waals surface area (Å²) >= 11 is 0. The van der Waals surface area contributed by atoms with Crippen molar-refractivity contribution in [1.29, 1.82) is 0 Å². The van der Waals surface area contributed by atoms with Gasteiger partial charge >= 0.3 is 0 Å². The minimum atomic E-state index is -1.02. The Hall–Kier alpha value is -3.08. The largest absolute Gasteiger partial charge is 0.490 e. The number of halogens is 4. The van der Waals surface area contributed by atoms with Crippen molar-refractivity contribution < 1.29 is 22.3 Å². The highest BCUT2D eigenvalue weighted by molar-refractivity contribution is 5.71. The Bertz CT molecular complexity index is 1360. The first-order valence-electron chi connectivity index (χ1n) is 16.8. The first-order chi connectivity index (χ1) is 21.4. The van der Waals surface area contributed by atoms with E-state index in [0.717, 1.165) is 50.9 Å². The summed E-state index contributed by atoms with van der Waals surface area (Å²) in [4.78, 5) is 0. The van der Waals surface area contributed by atoms with Gasteiger partial charge in [0.1, 0.15) is 0 Å². The van der Waals surface area contributed by atoms with Gasteiger partial charge in [0, 0.05) is 11.1 Å². The lowest BCUT2D eigenvalue weighted by Gasteiger charge is -2.22. The first-order valence-corrected chi connectivity index (χ1v) is 16.8. The molecule has 0 fully saturated rings. The van der Waals surface area contributed by atoms with E-state index in [2.05, 4.69) is 19.9 Å². The van der Waals surface area contributed by atoms with Crippen molar-refractivity contribution in [1.82, 2.24) is 0 Å². The van der Waals surface area contributed by atoms with Gasteiger partial charge in [-0.25, -0.2) is 13.2 Å². The SMILES string of the molecule is CCCCCCOc1ccc(-c2ccc(-c3ccc(CCCCC4=CCC(CCCCC)CC4)c(F)c3F)cc2)c(F)c1F. The Morgan fingerprint density at radius 1 is 0.636 bits per heavy atom. The Morgan fingerprint density at radius 2 is 1.27 bits per heavy atom. The lowest BCUT2D eigenvalue weighted by molar-refractivity contribution is 0.285. The summed E-state index contributed by atoms with van der Waals surface area (Å²) in [7, 11) is 0. The molecule has 1 aliphatic carbocycles. The molecule has 238 valence electrons. The summed E-state index contributed by atoms with van der Waals surface area (Å²) in [5, 5.41) is 0. The normalized spacial score (nSPS) is 15.0. The smallest absolute Gasteiger partial charge is 0.201 e. The Kier molecular flexibility index (Phi) is 13.4. The van der Waals surface area contributed by atoms with Gasteiger partial charge in [-0.15, -0.1) is 0 Å². The van der Waals surface area contributed by atoms with Crippen molar-refractivity contribution in [3.05, 3.63) is 89.0 Å². The third kappa shape index (κ3) is 9.22. The van der Waals surface area contributed by atoms with Crippen LogP contribution < -0.4 is 4.74 Å². The average Bonchev–Trinajstić information content (AvgIpc) is 3.04. The number of unbranched alkanes of at least 4 members (excludes halogenated alkanes) is 6. The number of rotatable bonds is 17. The van der Waals surface area contributed by atoms with Crippen molar-refractivity contribution in [2.45, 2.75) is 110 Å². The van der Waals surface area contributed by atoms with Crippen LogP contribution in [0.3, 0.4) is 0 Å². The highest BCUT2D eigenvalue weighted by Gasteiger charge is 2.18. The zero-order chi connectivity index (χ0) is 31.3. The molecule has 3 aromatic rings. The third-order valence-electron chi connectivity index (χ3n) is 9.00. The topological polar surface area (TPSA) is 9.23 Å². The zero-order valence-corrected chi connectivity index (χ0v) is 26.5. The van der Waals surface area contributed by atoms with Gasteiger partial charge in [0.25, 0.3) is 0 Å². The second-order valence-corrected chi connectivity index (χ2v) is 12.3. The number of hydrogen-bond acceptors (Lipinski definition) is 1. The van der Waals surface area contributed by atoms with Gasteiger partial charge in [0.2, 0.25) is 5.82 Å². The summed E-state index contributed by atoms with van der Waals surface area (Å²) < 4.78 is 65.2. The number of hydrogen-bond donors (Lipinski definition) is 0. The third-order valence-corrected chi connectivity index (χ3v) is 9.00. The molecule has 3 aromatic carbocycles. The zero-order valence-electron chi connectivity index (χ0n) is 26.5. The summed E-state index contributed by atoms with van der Waals surface area (Å²) in [5.41, 5.74) is 3.06. The highest BCUT2D eigenvalue weighted by atomic mass is 19.2. The van der Waals surface area contributed by atoms with Crippen LogP contribution in [-0.2, 0) is 6.42 Å². The predicted molar refractivity (Wildman–Crippen MR) is 174 cm³/mol. The molecule has 1 atom stereocenters. The molecular weight excluding hydrogens is 560 g/mol. The fourth-order valence-electron chi connectivity index (χ4n) is 6.19. The summed E-state index contributed by atoms with van der Waals surface area (Å²) in [5.74, 6) is -2.97. The molecule has 0 saturated heterocycles. The summed E-state index contributed by atoms with van der Waals surface area (Å²) in [6.07, 6.45) is 18.6. The van der Waals surface area contributed by atoms with E-state index in [1.165, 1.54) is 62.7 Å². The van der Waals surface area contributed by atoms with Crippen molar-refractivity contribution in [3.63, 3.8) is 0 Å². The van der Waals surface area contributed by atoms with E-state index in [1.54, 1.807) is 36.4 Å². The number of allylic oxidation sites excluding steroid dienone is 2. The second-order valence-electron chi connectivity index (χ2n) is 12.3. The van der Waals surface area contributed by atoms with Crippen LogP contribution in [0.5, 0.6) is 5.75 Å². The van der Waals surface area contributed by atoms with Crippen molar-refractivity contribution >= 4 is 0 Å². The maximum Gasteiger partial charge on any atom is 0.201 e. The molecule has 1 unspecified atom stereocenters. The molecule has 5 heteroatoms. The van der Waals surface area contributed by atoms with E-state index in [9.17, 15) is 8.78 Å². The summed E-state index contributed by atoms with van der Waals surface area (Å²) in [6, 6.07) is 12.6. The van der Waals surface area contributed by atoms with E-state index < -0.39 is 23.3 Å². The molecule has 0 radical (unpaired) electrons. The van der Waals surface area contributed by atoms with Gasteiger partial charge in [0.15, 0.2) is 23.2 Å². The van der Waals surface area contributed by atoms with Crippen LogP contribution >= 0.6 is 0 Å². The lowest BCUT2D eigenvalue weighted by Crippen LogP contribution is -2.06.